The van der Waals surface area contributed by atoms with Gasteiger partial charge < -0.3 is 10.2 Å². The van der Waals surface area contributed by atoms with Crippen LogP contribution in [0.4, 0.5) is 11.4 Å². The molecule has 3 rings (SSSR count). The summed E-state index contributed by atoms with van der Waals surface area (Å²) in [6, 6.07) is 12.7. The zero-order valence-corrected chi connectivity index (χ0v) is 12.1. The average molecular weight is 267 g/mol. The lowest BCUT2D eigenvalue weighted by molar-refractivity contribution is 0.394. The maximum atomic E-state index is 4.10. The third-order valence-corrected chi connectivity index (χ3v) is 3.74. The summed E-state index contributed by atoms with van der Waals surface area (Å²) in [4.78, 5) is 6.56. The number of fused-ring (bicyclic) bond motifs is 1. The Morgan fingerprint density at radius 2 is 1.90 bits per heavy atom. The molecule has 0 saturated carbocycles. The van der Waals surface area contributed by atoms with Gasteiger partial charge in [0.15, 0.2) is 0 Å². The second kappa shape index (κ2) is 5.16. The Labute approximate surface area is 120 Å². The van der Waals surface area contributed by atoms with Crippen LogP contribution in [0.1, 0.15) is 19.4 Å². The molecule has 0 atom stereocenters. The molecule has 1 N–H and O–H groups in total. The van der Waals surface area contributed by atoms with Crippen molar-refractivity contribution in [3.8, 4) is 0 Å². The van der Waals surface area contributed by atoms with Crippen LogP contribution in [-0.4, -0.2) is 18.1 Å². The van der Waals surface area contributed by atoms with Crippen molar-refractivity contribution >= 4 is 11.4 Å². The summed E-state index contributed by atoms with van der Waals surface area (Å²) in [5.74, 6) is 0. The quantitative estimate of drug-likeness (QED) is 0.902. The van der Waals surface area contributed by atoms with Crippen LogP contribution >= 0.6 is 0 Å². The molecule has 3 nitrogen and oxygen atoms in total. The largest absolute Gasteiger partial charge is 0.383 e. The van der Waals surface area contributed by atoms with E-state index in [2.05, 4.69) is 65.4 Å². The Hall–Kier alpha value is -2.03. The molecule has 0 aliphatic carbocycles. The van der Waals surface area contributed by atoms with E-state index in [9.17, 15) is 0 Å². The van der Waals surface area contributed by atoms with E-state index in [4.69, 9.17) is 0 Å². The number of para-hydroxylation sites is 2. The van der Waals surface area contributed by atoms with Gasteiger partial charge in [0.1, 0.15) is 0 Å². The van der Waals surface area contributed by atoms with Crippen LogP contribution in [0.3, 0.4) is 0 Å². The Morgan fingerprint density at radius 1 is 1.15 bits per heavy atom. The zero-order chi connectivity index (χ0) is 14.0. The molecule has 0 fully saturated rings. The first-order valence-corrected chi connectivity index (χ1v) is 7.11. The predicted molar refractivity (Wildman–Crippen MR) is 84.0 cm³/mol. The molecule has 20 heavy (non-hydrogen) atoms. The van der Waals surface area contributed by atoms with Crippen LogP contribution in [0.5, 0.6) is 0 Å². The Kier molecular flexibility index (Phi) is 3.35. The van der Waals surface area contributed by atoms with E-state index in [1.807, 2.05) is 12.4 Å². The molecule has 0 unspecified atom stereocenters. The van der Waals surface area contributed by atoms with Crippen molar-refractivity contribution in [2.45, 2.75) is 20.4 Å². The fourth-order valence-corrected chi connectivity index (χ4v) is 2.74. The maximum absolute atomic E-state index is 4.10. The van der Waals surface area contributed by atoms with Crippen molar-refractivity contribution in [3.63, 3.8) is 0 Å². The lowest BCUT2D eigenvalue weighted by Crippen LogP contribution is -2.35. The second-order valence-corrected chi connectivity index (χ2v) is 6.25. The Morgan fingerprint density at radius 3 is 2.70 bits per heavy atom. The predicted octanol–water partition coefficient (Wildman–Crippen LogP) is 3.54. The second-order valence-electron chi connectivity index (χ2n) is 6.25. The standard InChI is InChI=1S/C17H21N3/c1-17(2)12-19-15-5-3-4-6-16(15)20(13-17)11-14-7-9-18-10-8-14/h3-10,19H,11-13H2,1-2H3. The number of nitrogens with zero attached hydrogens (tertiary/aromatic N) is 2. The third-order valence-electron chi connectivity index (χ3n) is 3.74. The van der Waals surface area contributed by atoms with E-state index < -0.39 is 0 Å². The summed E-state index contributed by atoms with van der Waals surface area (Å²) in [6.45, 7) is 7.58. The number of anilines is 2. The first-order valence-electron chi connectivity index (χ1n) is 7.11. The molecule has 104 valence electrons. The van der Waals surface area contributed by atoms with Gasteiger partial charge in [-0.3, -0.25) is 4.98 Å². The average Bonchev–Trinajstić information content (AvgIpc) is 2.57. The van der Waals surface area contributed by atoms with E-state index >= 15 is 0 Å². The Balaban J connectivity index is 1.94. The van der Waals surface area contributed by atoms with Crippen molar-refractivity contribution < 1.29 is 0 Å². The highest BCUT2D eigenvalue weighted by Gasteiger charge is 2.27. The van der Waals surface area contributed by atoms with Crippen LogP contribution < -0.4 is 10.2 Å². The van der Waals surface area contributed by atoms with Gasteiger partial charge in [0.25, 0.3) is 0 Å². The Bertz CT molecular complexity index is 578. The third kappa shape index (κ3) is 2.77. The first kappa shape index (κ1) is 13.0. The first-order chi connectivity index (χ1) is 9.64. The van der Waals surface area contributed by atoms with Crippen molar-refractivity contribution in [3.05, 3.63) is 54.4 Å². The van der Waals surface area contributed by atoms with Crippen LogP contribution in [0.15, 0.2) is 48.8 Å². The number of pyridine rings is 1. The number of hydrogen-bond acceptors (Lipinski definition) is 3. The molecule has 0 saturated heterocycles. The molecule has 3 heteroatoms. The van der Waals surface area contributed by atoms with Crippen molar-refractivity contribution in [2.24, 2.45) is 5.41 Å². The molecule has 1 aromatic heterocycles. The van der Waals surface area contributed by atoms with Crippen LogP contribution in [0.25, 0.3) is 0 Å². The highest BCUT2D eigenvalue weighted by atomic mass is 15.2. The van der Waals surface area contributed by atoms with Crippen LogP contribution in [0, 0.1) is 5.41 Å². The van der Waals surface area contributed by atoms with Gasteiger partial charge in [-0.25, -0.2) is 0 Å². The molecule has 0 amide bonds. The summed E-state index contributed by atoms with van der Waals surface area (Å²) >= 11 is 0. The molecule has 1 aromatic carbocycles. The molecule has 0 radical (unpaired) electrons. The SMILES string of the molecule is CC1(C)CNc2ccccc2N(Cc2ccncc2)C1. The van der Waals surface area contributed by atoms with E-state index in [-0.39, 0.29) is 5.41 Å². The van der Waals surface area contributed by atoms with E-state index in [1.165, 1.54) is 16.9 Å². The molecule has 2 aromatic rings. The molecule has 2 heterocycles. The minimum atomic E-state index is 0.242. The fourth-order valence-electron chi connectivity index (χ4n) is 2.74. The number of nitrogens with one attached hydrogen (secondary N) is 1. The van der Waals surface area contributed by atoms with Gasteiger partial charge in [-0.05, 0) is 35.2 Å². The topological polar surface area (TPSA) is 28.2 Å². The maximum Gasteiger partial charge on any atom is 0.0605 e. The summed E-state index contributed by atoms with van der Waals surface area (Å²) in [5.41, 5.74) is 4.06. The van der Waals surface area contributed by atoms with Crippen LogP contribution in [0.2, 0.25) is 0 Å². The van der Waals surface area contributed by atoms with E-state index in [1.54, 1.807) is 0 Å². The molecular weight excluding hydrogens is 246 g/mol. The van der Waals surface area contributed by atoms with Gasteiger partial charge in [0.05, 0.1) is 11.4 Å². The van der Waals surface area contributed by atoms with Gasteiger partial charge in [-0.2, -0.15) is 0 Å². The van der Waals surface area contributed by atoms with Gasteiger partial charge in [0, 0.05) is 32.0 Å². The van der Waals surface area contributed by atoms with E-state index in [0.717, 1.165) is 19.6 Å². The normalized spacial score (nSPS) is 17.0. The van der Waals surface area contributed by atoms with Crippen molar-refractivity contribution in [1.29, 1.82) is 0 Å². The number of aromatic nitrogens is 1. The highest BCUT2D eigenvalue weighted by Crippen LogP contribution is 2.34. The monoisotopic (exact) mass is 267 g/mol. The number of hydrogen-bond donors (Lipinski definition) is 1. The van der Waals surface area contributed by atoms with Gasteiger partial charge in [-0.15, -0.1) is 0 Å². The van der Waals surface area contributed by atoms with Crippen molar-refractivity contribution in [2.75, 3.05) is 23.3 Å². The van der Waals surface area contributed by atoms with Gasteiger partial charge >= 0.3 is 0 Å². The van der Waals surface area contributed by atoms with Crippen molar-refractivity contribution in [1.82, 2.24) is 4.98 Å². The lowest BCUT2D eigenvalue weighted by atomic mass is 9.93. The molecule has 0 spiro atoms. The summed E-state index contributed by atoms with van der Waals surface area (Å²) in [5, 5.41) is 3.58. The summed E-state index contributed by atoms with van der Waals surface area (Å²) in [7, 11) is 0. The molecular formula is C17H21N3. The smallest absolute Gasteiger partial charge is 0.0605 e. The number of benzene rings is 1. The van der Waals surface area contributed by atoms with Crippen LogP contribution in [-0.2, 0) is 6.54 Å². The summed E-state index contributed by atoms with van der Waals surface area (Å²) < 4.78 is 0. The highest BCUT2D eigenvalue weighted by molar-refractivity contribution is 5.71. The van der Waals surface area contributed by atoms with Gasteiger partial charge in [0.2, 0.25) is 0 Å². The minimum absolute atomic E-state index is 0.242. The molecule has 0 bridgehead atoms. The molecule has 1 aliphatic heterocycles. The van der Waals surface area contributed by atoms with E-state index in [0.29, 0.717) is 0 Å². The lowest BCUT2D eigenvalue weighted by Gasteiger charge is -2.31. The fraction of sp³-hybridized carbons (Fsp3) is 0.353. The minimum Gasteiger partial charge on any atom is -0.383 e. The summed E-state index contributed by atoms with van der Waals surface area (Å²) in [6.07, 6.45) is 3.73. The molecule has 1 aliphatic rings. The number of rotatable bonds is 2. The van der Waals surface area contributed by atoms with Gasteiger partial charge in [-0.1, -0.05) is 26.0 Å². The zero-order valence-electron chi connectivity index (χ0n) is 12.1.